The molecule has 1 heterocycles. The van der Waals surface area contributed by atoms with Crippen LogP contribution in [0.15, 0.2) is 0 Å². The Morgan fingerprint density at radius 3 is 2.74 bits per heavy atom. The zero-order valence-corrected chi connectivity index (χ0v) is 12.3. The van der Waals surface area contributed by atoms with Gasteiger partial charge < -0.3 is 20.5 Å². The van der Waals surface area contributed by atoms with Crippen LogP contribution in [0.3, 0.4) is 0 Å². The van der Waals surface area contributed by atoms with Crippen LogP contribution in [0.2, 0.25) is 0 Å². The Balaban J connectivity index is 2.22. The van der Waals surface area contributed by atoms with Crippen molar-refractivity contribution in [2.24, 2.45) is 5.92 Å². The zero-order chi connectivity index (χ0) is 14.0. The maximum absolute atomic E-state index is 12.1. The molecule has 1 aromatic rings. The molecule has 5 nitrogen and oxygen atoms in total. The molecule has 1 aromatic heterocycles. The van der Waals surface area contributed by atoms with Crippen LogP contribution in [-0.4, -0.2) is 32.7 Å². The van der Waals surface area contributed by atoms with Crippen LogP contribution in [0.25, 0.3) is 0 Å². The van der Waals surface area contributed by atoms with Gasteiger partial charge in [0.05, 0.1) is 24.3 Å². The fraction of sp³-hybridized carbons (Fsp3) is 0.615. The molecule has 2 rings (SSSR count). The van der Waals surface area contributed by atoms with Gasteiger partial charge in [0, 0.05) is 19.1 Å². The van der Waals surface area contributed by atoms with Crippen LogP contribution >= 0.6 is 11.3 Å². The predicted octanol–water partition coefficient (Wildman–Crippen LogP) is 2.38. The van der Waals surface area contributed by atoms with Crippen LogP contribution in [0, 0.1) is 5.92 Å². The van der Waals surface area contributed by atoms with Gasteiger partial charge in [0.15, 0.2) is 11.5 Å². The second kappa shape index (κ2) is 5.79. The van der Waals surface area contributed by atoms with E-state index in [1.165, 1.54) is 11.3 Å². The van der Waals surface area contributed by atoms with Crippen molar-refractivity contribution in [1.29, 1.82) is 0 Å². The number of hydrogen-bond acceptors (Lipinski definition) is 6. The number of nitrogens with two attached hydrogens (primary N) is 1. The molecule has 0 radical (unpaired) electrons. The first-order valence-corrected chi connectivity index (χ1v) is 7.16. The summed E-state index contributed by atoms with van der Waals surface area (Å²) >= 11 is 1.38. The van der Waals surface area contributed by atoms with Crippen molar-refractivity contribution in [2.75, 3.05) is 31.9 Å². The largest absolute Gasteiger partial charge is 0.492 e. The highest BCUT2D eigenvalue weighted by atomic mass is 32.1. The van der Waals surface area contributed by atoms with Crippen molar-refractivity contribution in [3.05, 3.63) is 4.88 Å². The number of nitrogen functional groups attached to an aromatic ring is 1. The van der Waals surface area contributed by atoms with Gasteiger partial charge in [0.1, 0.15) is 5.00 Å². The van der Waals surface area contributed by atoms with Crippen LogP contribution in [0.4, 0.5) is 10.7 Å². The molecule has 1 aliphatic carbocycles. The van der Waals surface area contributed by atoms with Gasteiger partial charge in [-0.3, -0.25) is 4.79 Å². The highest BCUT2D eigenvalue weighted by Gasteiger charge is 2.34. The number of carbonyl (C=O) groups is 1. The Morgan fingerprint density at radius 2 is 2.21 bits per heavy atom. The lowest BCUT2D eigenvalue weighted by atomic mass is 10.2. The van der Waals surface area contributed by atoms with Crippen molar-refractivity contribution in [2.45, 2.75) is 25.8 Å². The Hall–Kier alpha value is -1.27. The topological polar surface area (TPSA) is 73.6 Å². The first-order chi connectivity index (χ1) is 9.08. The van der Waals surface area contributed by atoms with Crippen molar-refractivity contribution in [3.63, 3.8) is 0 Å². The maximum Gasteiger partial charge on any atom is 0.178 e. The molecular weight excluding hydrogens is 264 g/mol. The molecule has 0 aromatic carbocycles. The van der Waals surface area contributed by atoms with Crippen LogP contribution in [-0.2, 0) is 4.74 Å². The number of anilines is 2. The lowest BCUT2D eigenvalue weighted by Gasteiger charge is -2.13. The van der Waals surface area contributed by atoms with Gasteiger partial charge in [-0.05, 0) is 19.8 Å². The summed E-state index contributed by atoms with van der Waals surface area (Å²) in [5.41, 5.74) is 6.48. The summed E-state index contributed by atoms with van der Waals surface area (Å²) in [7, 11) is 3.22. The number of nitrogens with one attached hydrogen (secondary N) is 1. The normalized spacial score (nSPS) is 16.2. The summed E-state index contributed by atoms with van der Waals surface area (Å²) in [6.45, 7) is 2.58. The minimum Gasteiger partial charge on any atom is -0.492 e. The molecule has 1 aliphatic rings. The lowest BCUT2D eigenvalue weighted by Crippen LogP contribution is -2.20. The Labute approximate surface area is 117 Å². The van der Waals surface area contributed by atoms with E-state index in [9.17, 15) is 4.79 Å². The highest BCUT2D eigenvalue weighted by molar-refractivity contribution is 7.19. The SMILES string of the molecule is COCC(C)Nc1sc(C(=O)C2CC2)c(N)c1OC. The number of ether oxygens (including phenoxy) is 2. The third kappa shape index (κ3) is 3.01. The van der Waals surface area contributed by atoms with Gasteiger partial charge in [-0.2, -0.15) is 0 Å². The third-order valence-electron chi connectivity index (χ3n) is 3.07. The number of carbonyl (C=O) groups excluding carboxylic acids is 1. The maximum atomic E-state index is 12.1. The molecule has 1 saturated carbocycles. The first kappa shape index (κ1) is 14.1. The zero-order valence-electron chi connectivity index (χ0n) is 11.5. The van der Waals surface area contributed by atoms with Crippen molar-refractivity contribution in [1.82, 2.24) is 0 Å². The average molecular weight is 284 g/mol. The van der Waals surface area contributed by atoms with E-state index in [4.69, 9.17) is 15.2 Å². The molecule has 6 heteroatoms. The van der Waals surface area contributed by atoms with E-state index in [0.29, 0.717) is 22.9 Å². The van der Waals surface area contributed by atoms with Gasteiger partial charge in [0.2, 0.25) is 0 Å². The fourth-order valence-electron chi connectivity index (χ4n) is 1.96. The van der Waals surface area contributed by atoms with Gasteiger partial charge in [-0.1, -0.05) is 0 Å². The number of Topliss-reactive ketones (excluding diaryl/α,β-unsaturated/α-hetero) is 1. The van der Waals surface area contributed by atoms with Gasteiger partial charge in [-0.15, -0.1) is 11.3 Å². The molecule has 19 heavy (non-hydrogen) atoms. The van der Waals surface area contributed by atoms with E-state index in [0.717, 1.165) is 17.8 Å². The van der Waals surface area contributed by atoms with Crippen molar-refractivity contribution >= 4 is 27.8 Å². The smallest absolute Gasteiger partial charge is 0.178 e. The number of methoxy groups -OCH3 is 2. The summed E-state index contributed by atoms with van der Waals surface area (Å²) in [6.07, 6.45) is 1.95. The molecular formula is C13H20N2O3S. The molecule has 1 unspecified atom stereocenters. The number of rotatable bonds is 7. The minimum atomic E-state index is 0.126. The lowest BCUT2D eigenvalue weighted by molar-refractivity contribution is 0.0972. The molecule has 0 bridgehead atoms. The van der Waals surface area contributed by atoms with Gasteiger partial charge in [0.25, 0.3) is 0 Å². The van der Waals surface area contributed by atoms with Crippen LogP contribution < -0.4 is 15.8 Å². The Morgan fingerprint density at radius 1 is 1.53 bits per heavy atom. The molecule has 1 atom stereocenters. The van der Waals surface area contributed by atoms with Crippen LogP contribution in [0.5, 0.6) is 5.75 Å². The second-order valence-corrected chi connectivity index (χ2v) is 5.87. The molecule has 0 amide bonds. The molecule has 106 valence electrons. The highest BCUT2D eigenvalue weighted by Crippen LogP contribution is 2.46. The summed E-state index contributed by atoms with van der Waals surface area (Å²) in [5, 5.41) is 4.07. The second-order valence-electron chi connectivity index (χ2n) is 4.85. The van der Waals surface area contributed by atoms with Gasteiger partial charge >= 0.3 is 0 Å². The standard InChI is InChI=1S/C13H20N2O3S/c1-7(6-17-2)15-13-11(18-3)9(14)12(19-13)10(16)8-4-5-8/h7-8,15H,4-6,14H2,1-3H3. The number of thiophene rings is 1. The van der Waals surface area contributed by atoms with E-state index in [2.05, 4.69) is 5.32 Å². The van der Waals surface area contributed by atoms with Crippen LogP contribution in [0.1, 0.15) is 29.4 Å². The molecule has 0 spiro atoms. The molecule has 0 saturated heterocycles. The summed E-state index contributed by atoms with van der Waals surface area (Å²) < 4.78 is 10.4. The average Bonchev–Trinajstić information content (AvgIpc) is 3.15. The predicted molar refractivity (Wildman–Crippen MR) is 77.3 cm³/mol. The van der Waals surface area contributed by atoms with Crippen molar-refractivity contribution < 1.29 is 14.3 Å². The minimum absolute atomic E-state index is 0.126. The van der Waals surface area contributed by atoms with E-state index in [1.54, 1.807) is 14.2 Å². The summed E-state index contributed by atoms with van der Waals surface area (Å²) in [6, 6.07) is 0.126. The fourth-order valence-corrected chi connectivity index (χ4v) is 3.18. The molecule has 1 fully saturated rings. The monoisotopic (exact) mass is 284 g/mol. The Bertz CT molecular complexity index is 469. The van der Waals surface area contributed by atoms with Crippen molar-refractivity contribution in [3.8, 4) is 5.75 Å². The first-order valence-electron chi connectivity index (χ1n) is 6.34. The quantitative estimate of drug-likeness (QED) is 0.752. The van der Waals surface area contributed by atoms with Gasteiger partial charge in [-0.25, -0.2) is 0 Å². The van der Waals surface area contributed by atoms with E-state index in [-0.39, 0.29) is 17.7 Å². The molecule has 0 aliphatic heterocycles. The number of hydrogen-bond donors (Lipinski definition) is 2. The summed E-state index contributed by atoms with van der Waals surface area (Å²) in [5.74, 6) is 0.875. The molecule has 3 N–H and O–H groups in total. The summed E-state index contributed by atoms with van der Waals surface area (Å²) in [4.78, 5) is 12.8. The Kier molecular flexibility index (Phi) is 4.31. The number of ketones is 1. The van der Waals surface area contributed by atoms with E-state index in [1.807, 2.05) is 6.92 Å². The van der Waals surface area contributed by atoms with E-state index >= 15 is 0 Å². The third-order valence-corrected chi connectivity index (χ3v) is 4.20. The van der Waals surface area contributed by atoms with E-state index < -0.39 is 0 Å².